The highest BCUT2D eigenvalue weighted by Crippen LogP contribution is 2.14. The molecule has 0 bridgehead atoms. The van der Waals surface area contributed by atoms with Crippen LogP contribution in [0.15, 0.2) is 29.2 Å². The summed E-state index contributed by atoms with van der Waals surface area (Å²) >= 11 is 0. The number of rotatable bonds is 7. The molecule has 0 heterocycles. The zero-order valence-corrected chi connectivity index (χ0v) is 13.1. The lowest BCUT2D eigenvalue weighted by Gasteiger charge is -2.14. The number of aliphatic hydroxyl groups is 1. The Morgan fingerprint density at radius 2 is 2.00 bits per heavy atom. The van der Waals surface area contributed by atoms with E-state index in [2.05, 4.69) is 5.32 Å². The van der Waals surface area contributed by atoms with Gasteiger partial charge in [-0.05, 0) is 24.5 Å². The van der Waals surface area contributed by atoms with Gasteiger partial charge in [-0.1, -0.05) is 32.9 Å². The zero-order chi connectivity index (χ0) is 15.1. The van der Waals surface area contributed by atoms with Crippen molar-refractivity contribution in [2.24, 2.45) is 5.92 Å². The van der Waals surface area contributed by atoms with E-state index in [0.29, 0.717) is 28.6 Å². The van der Waals surface area contributed by atoms with Gasteiger partial charge in [0.15, 0.2) is 0 Å². The topological polar surface area (TPSA) is 66.4 Å². The lowest BCUT2D eigenvalue weighted by molar-refractivity contribution is 0.0897. The summed E-state index contributed by atoms with van der Waals surface area (Å²) in [7, 11) is -1.17. The highest BCUT2D eigenvalue weighted by atomic mass is 32.2. The van der Waals surface area contributed by atoms with Gasteiger partial charge in [0.05, 0.1) is 27.4 Å². The van der Waals surface area contributed by atoms with Gasteiger partial charge in [0.1, 0.15) is 0 Å². The Hall–Kier alpha value is -1.20. The largest absolute Gasteiger partial charge is 0.391 e. The molecule has 1 aromatic carbocycles. The van der Waals surface area contributed by atoms with E-state index in [1.807, 2.05) is 20.8 Å². The summed E-state index contributed by atoms with van der Waals surface area (Å²) in [5.41, 5.74) is 0.421. The van der Waals surface area contributed by atoms with Gasteiger partial charge in [-0.25, -0.2) is 0 Å². The minimum Gasteiger partial charge on any atom is -0.391 e. The van der Waals surface area contributed by atoms with Crippen LogP contribution in [0.1, 0.15) is 37.6 Å². The highest BCUT2D eigenvalue weighted by molar-refractivity contribution is 7.85. The molecule has 0 aliphatic carbocycles. The van der Waals surface area contributed by atoms with E-state index in [1.165, 1.54) is 0 Å². The summed E-state index contributed by atoms with van der Waals surface area (Å²) in [5, 5.41) is 12.5. The van der Waals surface area contributed by atoms with Crippen molar-refractivity contribution in [2.45, 2.75) is 38.2 Å². The molecule has 4 nitrogen and oxygen atoms in total. The second-order valence-corrected chi connectivity index (χ2v) is 6.83. The first-order valence-corrected chi connectivity index (χ1v) is 8.21. The van der Waals surface area contributed by atoms with Crippen molar-refractivity contribution in [1.29, 1.82) is 0 Å². The van der Waals surface area contributed by atoms with Crippen molar-refractivity contribution < 1.29 is 14.1 Å². The van der Waals surface area contributed by atoms with Crippen molar-refractivity contribution in [2.75, 3.05) is 12.3 Å². The first kappa shape index (κ1) is 16.9. The van der Waals surface area contributed by atoms with E-state index < -0.39 is 16.9 Å². The normalized spacial score (nSPS) is 14.1. The maximum absolute atomic E-state index is 12.1. The minimum absolute atomic E-state index is 0.212. The van der Waals surface area contributed by atoms with E-state index in [9.17, 15) is 14.1 Å². The maximum Gasteiger partial charge on any atom is 0.252 e. The minimum atomic E-state index is -1.17. The Kier molecular flexibility index (Phi) is 6.88. The number of nitrogens with one attached hydrogen (secondary N) is 1. The van der Waals surface area contributed by atoms with E-state index in [0.717, 1.165) is 0 Å². The molecule has 0 aliphatic heterocycles. The van der Waals surface area contributed by atoms with Gasteiger partial charge in [-0.2, -0.15) is 0 Å². The Bertz CT molecular complexity index is 474. The molecular weight excluding hydrogens is 274 g/mol. The molecule has 0 saturated heterocycles. The first-order chi connectivity index (χ1) is 9.45. The summed E-state index contributed by atoms with van der Waals surface area (Å²) in [4.78, 5) is 12.7. The Labute approximate surface area is 123 Å². The van der Waals surface area contributed by atoms with Gasteiger partial charge in [-0.15, -0.1) is 0 Å². The van der Waals surface area contributed by atoms with Gasteiger partial charge < -0.3 is 10.4 Å². The fraction of sp³-hybridized carbons (Fsp3) is 0.533. The van der Waals surface area contributed by atoms with Gasteiger partial charge in [0, 0.05) is 12.3 Å². The van der Waals surface area contributed by atoms with Crippen LogP contribution in [-0.4, -0.2) is 33.6 Å². The number of hydrogen-bond acceptors (Lipinski definition) is 3. The molecule has 0 spiro atoms. The van der Waals surface area contributed by atoms with Gasteiger partial charge in [-0.3, -0.25) is 9.00 Å². The Balaban J connectivity index is 2.71. The number of aliphatic hydroxyl groups excluding tert-OH is 1. The molecule has 1 aromatic rings. The average Bonchev–Trinajstić information content (AvgIpc) is 2.43. The van der Waals surface area contributed by atoms with Crippen molar-refractivity contribution >= 4 is 16.7 Å². The third-order valence-corrected chi connectivity index (χ3v) is 4.25. The molecule has 20 heavy (non-hydrogen) atoms. The first-order valence-electron chi connectivity index (χ1n) is 6.89. The monoisotopic (exact) mass is 297 g/mol. The van der Waals surface area contributed by atoms with Gasteiger partial charge in [0.25, 0.3) is 5.91 Å². The summed E-state index contributed by atoms with van der Waals surface area (Å²) in [6.07, 6.45) is 0.0887. The third-order valence-electron chi connectivity index (χ3n) is 2.88. The van der Waals surface area contributed by atoms with Crippen molar-refractivity contribution in [3.05, 3.63) is 29.8 Å². The smallest absolute Gasteiger partial charge is 0.252 e. The van der Waals surface area contributed by atoms with Crippen LogP contribution in [0.2, 0.25) is 0 Å². The quantitative estimate of drug-likeness (QED) is 0.808. The van der Waals surface area contributed by atoms with Crippen molar-refractivity contribution in [3.8, 4) is 0 Å². The average molecular weight is 297 g/mol. The lowest BCUT2D eigenvalue weighted by atomic mass is 10.1. The summed E-state index contributed by atoms with van der Waals surface area (Å²) in [5.74, 6) is 0.562. The van der Waals surface area contributed by atoms with Crippen LogP contribution in [-0.2, 0) is 10.8 Å². The van der Waals surface area contributed by atoms with Crippen molar-refractivity contribution in [3.63, 3.8) is 0 Å². The SMILES string of the molecule is CCS(=O)c1ccccc1C(=O)NCC(O)CC(C)C. The molecular formula is C15H23NO3S. The highest BCUT2D eigenvalue weighted by Gasteiger charge is 2.15. The summed E-state index contributed by atoms with van der Waals surface area (Å²) in [6, 6.07) is 6.88. The van der Waals surface area contributed by atoms with Crippen LogP contribution in [0.4, 0.5) is 0 Å². The van der Waals surface area contributed by atoms with Crippen LogP contribution in [0, 0.1) is 5.92 Å². The molecule has 0 radical (unpaired) electrons. The van der Waals surface area contributed by atoms with Crippen LogP contribution < -0.4 is 5.32 Å². The fourth-order valence-corrected chi connectivity index (χ4v) is 2.89. The molecule has 1 amide bonds. The lowest BCUT2D eigenvalue weighted by Crippen LogP contribution is -2.33. The van der Waals surface area contributed by atoms with Gasteiger partial charge >= 0.3 is 0 Å². The molecule has 0 aliphatic rings. The zero-order valence-electron chi connectivity index (χ0n) is 12.3. The Morgan fingerprint density at radius 3 is 2.60 bits per heavy atom. The van der Waals surface area contributed by atoms with Crippen LogP contribution >= 0.6 is 0 Å². The van der Waals surface area contributed by atoms with E-state index in [4.69, 9.17) is 0 Å². The van der Waals surface area contributed by atoms with E-state index >= 15 is 0 Å². The van der Waals surface area contributed by atoms with E-state index in [-0.39, 0.29) is 12.5 Å². The molecule has 5 heteroatoms. The molecule has 2 unspecified atom stereocenters. The summed E-state index contributed by atoms with van der Waals surface area (Å²) < 4.78 is 11.9. The number of benzene rings is 1. The third kappa shape index (κ3) is 5.06. The van der Waals surface area contributed by atoms with E-state index in [1.54, 1.807) is 24.3 Å². The number of hydrogen-bond donors (Lipinski definition) is 2. The maximum atomic E-state index is 12.1. The second kappa shape index (κ2) is 8.17. The second-order valence-electron chi connectivity index (χ2n) is 5.12. The fourth-order valence-electron chi connectivity index (χ4n) is 1.94. The number of amides is 1. The van der Waals surface area contributed by atoms with Crippen LogP contribution in [0.3, 0.4) is 0 Å². The molecule has 0 aromatic heterocycles. The molecule has 2 N–H and O–H groups in total. The number of carbonyl (C=O) groups is 1. The molecule has 112 valence electrons. The molecule has 2 atom stereocenters. The predicted molar refractivity (Wildman–Crippen MR) is 81.2 cm³/mol. The molecule has 0 fully saturated rings. The van der Waals surface area contributed by atoms with Crippen LogP contribution in [0.5, 0.6) is 0 Å². The van der Waals surface area contributed by atoms with Gasteiger partial charge in [0.2, 0.25) is 0 Å². The molecule has 1 rings (SSSR count). The standard InChI is InChI=1S/C15H23NO3S/c1-4-20(19)14-8-6-5-7-13(14)15(18)16-10-12(17)9-11(2)3/h5-8,11-12,17H,4,9-10H2,1-3H3,(H,16,18). The Morgan fingerprint density at radius 1 is 1.35 bits per heavy atom. The molecule has 0 saturated carbocycles. The number of carbonyl (C=O) groups excluding carboxylic acids is 1. The van der Waals surface area contributed by atoms with Crippen LogP contribution in [0.25, 0.3) is 0 Å². The predicted octanol–water partition coefficient (Wildman–Crippen LogP) is 1.95. The summed E-state index contributed by atoms with van der Waals surface area (Å²) in [6.45, 7) is 6.07. The van der Waals surface area contributed by atoms with Crippen molar-refractivity contribution in [1.82, 2.24) is 5.32 Å².